The third-order valence-corrected chi connectivity index (χ3v) is 14.0. The Morgan fingerprint density at radius 3 is 1.17 bits per heavy atom. The Hall–Kier alpha value is -13.2. The minimum atomic E-state index is -1.89. The number of aromatic carboxylic acids is 1. The van der Waals surface area contributed by atoms with Gasteiger partial charge in [-0.15, -0.1) is 10.2 Å². The van der Waals surface area contributed by atoms with Gasteiger partial charge >= 0.3 is 44.1 Å². The summed E-state index contributed by atoms with van der Waals surface area (Å²) in [5, 5.41) is 77.3. The molecule has 11 aromatic rings. The number of carboxylic acids is 1. The number of nitrogens with two attached hydrogens (primary N) is 2. The quantitative estimate of drug-likeness (QED) is 0.0123. The molecule has 0 spiro atoms. The number of nitrogen functional groups attached to an aromatic ring is 2. The zero-order valence-electron chi connectivity index (χ0n) is 55.6. The van der Waals surface area contributed by atoms with Gasteiger partial charge in [0, 0.05) is 65.0 Å². The van der Waals surface area contributed by atoms with Crippen molar-refractivity contribution in [2.45, 2.75) is 0 Å². The third kappa shape index (κ3) is 22.4. The fourth-order valence-electron chi connectivity index (χ4n) is 8.73. The highest BCUT2D eigenvalue weighted by Crippen LogP contribution is 2.33. The topological polar surface area (TPSA) is 494 Å². The van der Waals surface area contributed by atoms with Crippen LogP contribution < -0.4 is 41.3 Å². The van der Waals surface area contributed by atoms with E-state index in [1.807, 2.05) is 18.2 Å². The molecule has 0 saturated carbocycles. The fraction of sp³-hybridized carbons (Fsp3) is 0.123. The highest BCUT2D eigenvalue weighted by atomic mass is 79.9. The molecule has 0 radical (unpaired) electrons. The summed E-state index contributed by atoms with van der Waals surface area (Å²) in [6.45, 7) is 0. The van der Waals surface area contributed by atoms with Gasteiger partial charge in [-0.2, -0.15) is 0 Å². The van der Waals surface area contributed by atoms with Gasteiger partial charge in [-0.3, -0.25) is 25.1 Å². The smallest absolute Gasteiger partial charge is 0.488 e. The van der Waals surface area contributed by atoms with Crippen molar-refractivity contribution in [1.29, 1.82) is 0 Å². The molecular formula is C65H62B2BrN15O20. The summed E-state index contributed by atoms with van der Waals surface area (Å²) < 4.78 is 42.7. The first-order valence-electron chi connectivity index (χ1n) is 29.2. The molecule has 0 aliphatic carbocycles. The van der Waals surface area contributed by atoms with Crippen molar-refractivity contribution >= 4 is 88.0 Å². The number of ether oxygens (including phenoxy) is 8. The van der Waals surface area contributed by atoms with E-state index in [-0.39, 0.29) is 33.3 Å². The predicted molar refractivity (Wildman–Crippen MR) is 373 cm³/mol. The summed E-state index contributed by atoms with van der Waals surface area (Å²) in [6, 6.07) is 36.3. The predicted octanol–water partition coefficient (Wildman–Crippen LogP) is 4.73. The van der Waals surface area contributed by atoms with E-state index in [2.05, 4.69) is 76.4 Å². The number of carboxylic acid groups (broad SMARTS) is 1. The van der Waals surface area contributed by atoms with Crippen LogP contribution in [0.1, 0.15) is 51.8 Å². The summed E-state index contributed by atoms with van der Waals surface area (Å²) in [5.41, 5.74) is 17.4. The van der Waals surface area contributed by atoms with Crippen molar-refractivity contribution in [3.63, 3.8) is 0 Å². The number of benzene rings is 5. The lowest BCUT2D eigenvalue weighted by Crippen LogP contribution is -2.30. The minimum absolute atomic E-state index is 0.107. The molecule has 5 aromatic carbocycles. The molecule has 0 bridgehead atoms. The van der Waals surface area contributed by atoms with Crippen LogP contribution in [0.2, 0.25) is 0 Å². The second-order valence-corrected chi connectivity index (χ2v) is 20.8. The molecule has 0 aliphatic heterocycles. The third-order valence-electron chi connectivity index (χ3n) is 13.4. The van der Waals surface area contributed by atoms with E-state index in [9.17, 15) is 39.2 Å². The minimum Gasteiger partial charge on any atom is -0.494 e. The second kappa shape index (κ2) is 38.8. The number of esters is 4. The van der Waals surface area contributed by atoms with Crippen molar-refractivity contribution in [3.05, 3.63) is 220 Å². The van der Waals surface area contributed by atoms with Crippen LogP contribution in [0.15, 0.2) is 182 Å². The number of hydrogen-bond donors (Lipinski definition) is 7. The van der Waals surface area contributed by atoms with Crippen LogP contribution >= 0.6 is 15.9 Å². The summed E-state index contributed by atoms with van der Waals surface area (Å²) >= 11 is 3.22. The van der Waals surface area contributed by atoms with Gasteiger partial charge < -0.3 is 74.6 Å². The van der Waals surface area contributed by atoms with Gasteiger partial charge in [-0.05, 0) is 175 Å². The molecule has 38 heteroatoms. The number of non-ortho nitro benzene ring substituents is 1. The van der Waals surface area contributed by atoms with Crippen molar-refractivity contribution in [2.24, 2.45) is 0 Å². The highest BCUT2D eigenvalue weighted by molar-refractivity contribution is 9.10. The lowest BCUT2D eigenvalue weighted by atomic mass is 9.79. The molecule has 6 heterocycles. The molecule has 0 atom stereocenters. The molecule has 9 N–H and O–H groups in total. The van der Waals surface area contributed by atoms with E-state index in [0.717, 1.165) is 35.7 Å². The summed E-state index contributed by atoms with van der Waals surface area (Å²) in [7, 11) is 7.74. The maximum absolute atomic E-state index is 11.9. The van der Waals surface area contributed by atoms with Gasteiger partial charge in [0.25, 0.3) is 5.69 Å². The molecule has 35 nitrogen and oxygen atoms in total. The van der Waals surface area contributed by atoms with E-state index in [4.69, 9.17) is 60.0 Å². The molecule has 11 rings (SSSR count). The van der Waals surface area contributed by atoms with Gasteiger partial charge in [-0.1, -0.05) is 0 Å². The lowest BCUT2D eigenvalue weighted by Gasteiger charge is -2.10. The van der Waals surface area contributed by atoms with Crippen LogP contribution in [0.25, 0.3) is 45.1 Å². The highest BCUT2D eigenvalue weighted by Gasteiger charge is 2.22. The first-order valence-corrected chi connectivity index (χ1v) is 30.0. The average molecular weight is 1470 g/mol. The summed E-state index contributed by atoms with van der Waals surface area (Å²) in [6.07, 6.45) is 9.45. The normalized spacial score (nSPS) is 9.99. The number of nitrogens with zero attached hydrogens (tertiary/aromatic N) is 13. The van der Waals surface area contributed by atoms with Crippen molar-refractivity contribution in [2.75, 3.05) is 68.3 Å². The summed E-state index contributed by atoms with van der Waals surface area (Å²) in [5.74, 6) is -0.790. The molecule has 0 aliphatic rings. The van der Waals surface area contributed by atoms with Crippen LogP contribution in [0.5, 0.6) is 23.0 Å². The van der Waals surface area contributed by atoms with Crippen LogP contribution in [0, 0.1) is 10.1 Å². The number of methoxy groups -OCH3 is 8. The molecule has 6 aromatic heterocycles. The van der Waals surface area contributed by atoms with Gasteiger partial charge in [0.05, 0.1) is 101 Å². The molecular weight excluding hydrogens is 1410 g/mol. The van der Waals surface area contributed by atoms with E-state index in [1.165, 1.54) is 80.8 Å². The number of rotatable bonds is 17. The van der Waals surface area contributed by atoms with Gasteiger partial charge in [-0.25, -0.2) is 38.3 Å². The largest absolute Gasteiger partial charge is 0.494 e. The molecule has 0 amide bonds. The van der Waals surface area contributed by atoms with Gasteiger partial charge in [0.2, 0.25) is 0 Å². The zero-order chi connectivity index (χ0) is 75.3. The molecule has 0 saturated heterocycles. The summed E-state index contributed by atoms with van der Waals surface area (Å²) in [4.78, 5) is 83.7. The molecule has 0 fully saturated rings. The van der Waals surface area contributed by atoms with Crippen LogP contribution in [0.4, 0.5) is 17.1 Å². The number of anilines is 2. The average Bonchev–Trinajstić information content (AvgIpc) is 1.74. The molecule has 103 heavy (non-hydrogen) atoms. The Morgan fingerprint density at radius 2 is 0.806 bits per heavy atom. The number of carbonyl (C=O) groups excluding carboxylic acids is 4. The Bertz CT molecular complexity index is 4720. The van der Waals surface area contributed by atoms with Crippen molar-refractivity contribution in [1.82, 2.24) is 60.4 Å². The van der Waals surface area contributed by atoms with E-state index in [0.29, 0.717) is 79.2 Å². The fourth-order valence-corrected chi connectivity index (χ4v) is 9.14. The first kappa shape index (κ1) is 78.8. The van der Waals surface area contributed by atoms with E-state index in [1.54, 1.807) is 119 Å². The van der Waals surface area contributed by atoms with Crippen LogP contribution in [-0.4, -0.2) is 191 Å². The lowest BCUT2D eigenvalue weighted by molar-refractivity contribution is -0.384. The molecule has 0 unspecified atom stereocenters. The maximum atomic E-state index is 11.9. The number of aromatic nitrogens is 12. The van der Waals surface area contributed by atoms with Gasteiger partial charge in [0.1, 0.15) is 51.6 Å². The number of hydrogen-bond acceptors (Lipinski definition) is 31. The number of nitro groups is 1. The number of nitro benzene ring substituents is 1. The van der Waals surface area contributed by atoms with Crippen LogP contribution in [0.3, 0.4) is 0 Å². The second-order valence-electron chi connectivity index (χ2n) is 20.0. The maximum Gasteiger partial charge on any atom is 0.488 e. The monoisotopic (exact) mass is 1470 g/mol. The van der Waals surface area contributed by atoms with Crippen LogP contribution in [-0.2, 0) is 18.9 Å². The SMILES string of the molecule is COC(=O)c1cc(-c2ncccc2OC)cc(-n2cnnn2)c1.COC(=O)c1cc(B(O)O)cc([N+](=O)[O-])c1.COC(=O)c1cc(N)cc(-c2ncccc2OC)c1.COC(=O)c1cc(N)cc(B(O)O)c1.COc1cccnc1-c1cc(C(=O)O)cc(-n2cnnn2)c1.COc1cccnc1Br. The number of carbonyl (C=O) groups is 5. The van der Waals surface area contributed by atoms with Crippen molar-refractivity contribution < 1.29 is 92.0 Å². The Kier molecular flexibility index (Phi) is 29.7. The standard InChI is InChI=1S/C15H13N5O3.C14H11N5O3.C14H14N2O3.C8H8BNO6.C8H10BNO4.C6H6BrNO/c1-22-13-4-3-5-16-14(13)10-6-11(15(21)23-2)8-12(7-10)20-9-17-18-19-20;1-22-12-3-2-4-15-13(12)9-5-10(14(20)21)7-11(6-9)19-8-16-17-18-19;1-18-12-4-3-5-16-13(12)9-6-10(14(17)19-2)8-11(15)7-9;1-16-8(11)5-2-6(9(12)13)4-7(3-5)10(14)15;1-14-8(11)5-2-6(9(12)13)4-7(10)3-5;1-9-5-3-2-4-8-6(5)7/h3-9H,1-2H3;2-8H,1H3,(H,20,21);3-8H,15H2,1-2H3;2-4,12-13H,1H3;2-4,12-13H,10H2,1H3;2-4H,1H3. The number of tetrazole rings is 2. The zero-order valence-corrected chi connectivity index (χ0v) is 57.2. The van der Waals surface area contributed by atoms with E-state index < -0.39 is 54.7 Å². The Balaban J connectivity index is 0.000000198. The molecule has 530 valence electrons. The Morgan fingerprint density at radius 1 is 0.456 bits per heavy atom. The van der Waals surface area contributed by atoms with Crippen molar-refractivity contribution in [3.8, 4) is 68.1 Å². The number of halogens is 1. The first-order chi connectivity index (χ1) is 49.4. The van der Waals surface area contributed by atoms with Gasteiger partial charge in [0.15, 0.2) is 5.75 Å². The van der Waals surface area contributed by atoms with E-state index >= 15 is 0 Å². The Labute approximate surface area is 593 Å². The number of pyridine rings is 4.